The lowest BCUT2D eigenvalue weighted by atomic mass is 10.3. The topological polar surface area (TPSA) is 71.0 Å². The van der Waals surface area contributed by atoms with E-state index in [2.05, 4.69) is 39.2 Å². The van der Waals surface area contributed by atoms with Crippen molar-refractivity contribution in [1.29, 1.82) is 0 Å². The predicted molar refractivity (Wildman–Crippen MR) is 90.2 cm³/mol. The number of carbonyl (C=O) groups excluding carboxylic acids is 1. The van der Waals surface area contributed by atoms with E-state index in [1.54, 1.807) is 12.3 Å². The number of rotatable bonds is 8. The summed E-state index contributed by atoms with van der Waals surface area (Å²) in [4.78, 5) is 18.4. The summed E-state index contributed by atoms with van der Waals surface area (Å²) in [6.07, 6.45) is 3.80. The summed E-state index contributed by atoms with van der Waals surface area (Å²) in [5, 5.41) is 11.0. The number of amides is 1. The van der Waals surface area contributed by atoms with Gasteiger partial charge in [-0.3, -0.25) is 9.78 Å². The van der Waals surface area contributed by atoms with E-state index in [1.165, 1.54) is 0 Å². The Morgan fingerprint density at radius 3 is 2.43 bits per heavy atom. The molecule has 122 valence electrons. The maximum Gasteiger partial charge on any atom is 0.272 e. The van der Waals surface area contributed by atoms with Crippen LogP contribution in [0, 0.1) is 0 Å². The van der Waals surface area contributed by atoms with Gasteiger partial charge in [-0.25, -0.2) is 0 Å². The van der Waals surface area contributed by atoms with Crippen LogP contribution in [0.3, 0.4) is 0 Å². The Hall–Kier alpha value is -2.50. The van der Waals surface area contributed by atoms with E-state index in [-0.39, 0.29) is 5.91 Å². The molecule has 0 aliphatic carbocycles. The van der Waals surface area contributed by atoms with Gasteiger partial charge in [-0.2, -0.15) is 0 Å². The molecule has 23 heavy (non-hydrogen) atoms. The quantitative estimate of drug-likeness (QED) is 0.810. The molecule has 0 saturated heterocycles. The summed E-state index contributed by atoms with van der Waals surface area (Å²) in [5.74, 6) is 0.571. The maximum atomic E-state index is 12.1. The van der Waals surface area contributed by atoms with E-state index in [1.807, 2.05) is 24.3 Å². The molecule has 0 aliphatic rings. The molecule has 0 saturated carbocycles. The van der Waals surface area contributed by atoms with Crippen molar-refractivity contribution in [2.24, 2.45) is 0 Å². The van der Waals surface area contributed by atoms with Gasteiger partial charge in [-0.15, -0.1) is 10.2 Å². The van der Waals surface area contributed by atoms with Gasteiger partial charge in [-0.05, 0) is 37.1 Å². The molecule has 2 aromatic rings. The first-order chi connectivity index (χ1) is 11.2. The Morgan fingerprint density at radius 2 is 1.87 bits per heavy atom. The average molecular weight is 313 g/mol. The number of anilines is 1. The molecule has 2 aromatic heterocycles. The molecule has 6 heteroatoms. The lowest BCUT2D eigenvalue weighted by molar-refractivity contribution is 0.0944. The largest absolute Gasteiger partial charge is 0.355 e. The molecular weight excluding hydrogens is 290 g/mol. The molecule has 1 N–H and O–H groups in total. The third-order valence-electron chi connectivity index (χ3n) is 3.35. The van der Waals surface area contributed by atoms with Crippen molar-refractivity contribution < 1.29 is 4.79 Å². The number of nitrogens with zero attached hydrogens (tertiary/aromatic N) is 4. The second-order valence-corrected chi connectivity index (χ2v) is 5.27. The minimum absolute atomic E-state index is 0.243. The molecule has 0 unspecified atom stereocenters. The molecule has 0 radical (unpaired) electrons. The van der Waals surface area contributed by atoms with Crippen LogP contribution in [0.15, 0.2) is 36.5 Å². The van der Waals surface area contributed by atoms with E-state index in [0.29, 0.717) is 12.2 Å². The number of carbonyl (C=O) groups is 1. The molecular formula is C17H23N5O. The SMILES string of the molecule is CCCN(CCC)c1ccc(C(=O)NCc2ccccn2)nn1. The van der Waals surface area contributed by atoms with Crippen molar-refractivity contribution in [3.8, 4) is 0 Å². The first kappa shape index (κ1) is 16.9. The minimum atomic E-state index is -0.243. The van der Waals surface area contributed by atoms with Gasteiger partial charge in [0.2, 0.25) is 0 Å². The predicted octanol–water partition coefficient (Wildman–Crippen LogP) is 2.43. The molecule has 0 aromatic carbocycles. The maximum absolute atomic E-state index is 12.1. The van der Waals surface area contributed by atoms with E-state index >= 15 is 0 Å². The van der Waals surface area contributed by atoms with Crippen LogP contribution in [0.25, 0.3) is 0 Å². The summed E-state index contributed by atoms with van der Waals surface area (Å²) in [6, 6.07) is 9.16. The van der Waals surface area contributed by atoms with Crippen LogP contribution in [0.1, 0.15) is 42.9 Å². The average Bonchev–Trinajstić information content (AvgIpc) is 2.60. The van der Waals surface area contributed by atoms with Gasteiger partial charge in [-0.1, -0.05) is 19.9 Å². The van der Waals surface area contributed by atoms with Gasteiger partial charge < -0.3 is 10.2 Å². The van der Waals surface area contributed by atoms with Crippen LogP contribution in [0.5, 0.6) is 0 Å². The lowest BCUT2D eigenvalue weighted by Gasteiger charge is -2.21. The van der Waals surface area contributed by atoms with E-state index in [4.69, 9.17) is 0 Å². The molecule has 2 heterocycles. The van der Waals surface area contributed by atoms with Crippen molar-refractivity contribution in [1.82, 2.24) is 20.5 Å². The molecule has 0 fully saturated rings. The van der Waals surface area contributed by atoms with Crippen LogP contribution in [0.2, 0.25) is 0 Å². The number of hydrogen-bond donors (Lipinski definition) is 1. The summed E-state index contributed by atoms with van der Waals surface area (Å²) in [5.41, 5.74) is 1.13. The van der Waals surface area contributed by atoms with Gasteiger partial charge >= 0.3 is 0 Å². The number of hydrogen-bond acceptors (Lipinski definition) is 5. The first-order valence-electron chi connectivity index (χ1n) is 8.01. The van der Waals surface area contributed by atoms with Crippen LogP contribution in [0.4, 0.5) is 5.82 Å². The molecule has 0 spiro atoms. The van der Waals surface area contributed by atoms with Crippen LogP contribution >= 0.6 is 0 Å². The van der Waals surface area contributed by atoms with Gasteiger partial charge in [0.25, 0.3) is 5.91 Å². The second kappa shape index (κ2) is 8.82. The fourth-order valence-corrected chi connectivity index (χ4v) is 2.26. The number of nitrogens with one attached hydrogen (secondary N) is 1. The summed E-state index contributed by atoms with van der Waals surface area (Å²) < 4.78 is 0. The van der Waals surface area contributed by atoms with Crippen molar-refractivity contribution in [2.75, 3.05) is 18.0 Å². The summed E-state index contributed by atoms with van der Waals surface area (Å²) >= 11 is 0. The Kier molecular flexibility index (Phi) is 6.47. The molecule has 0 aliphatic heterocycles. The van der Waals surface area contributed by atoms with Crippen molar-refractivity contribution in [3.63, 3.8) is 0 Å². The fraction of sp³-hybridized carbons (Fsp3) is 0.412. The van der Waals surface area contributed by atoms with Crippen LogP contribution in [-0.2, 0) is 6.54 Å². The van der Waals surface area contributed by atoms with E-state index < -0.39 is 0 Å². The smallest absolute Gasteiger partial charge is 0.272 e. The highest BCUT2D eigenvalue weighted by atomic mass is 16.1. The van der Waals surface area contributed by atoms with Crippen molar-refractivity contribution in [3.05, 3.63) is 47.9 Å². The summed E-state index contributed by atoms with van der Waals surface area (Å²) in [7, 11) is 0. The van der Waals surface area contributed by atoms with Gasteiger partial charge in [0.1, 0.15) is 0 Å². The van der Waals surface area contributed by atoms with Gasteiger partial charge in [0.15, 0.2) is 11.5 Å². The van der Waals surface area contributed by atoms with Crippen LogP contribution < -0.4 is 10.2 Å². The molecule has 2 rings (SSSR count). The van der Waals surface area contributed by atoms with Gasteiger partial charge in [0, 0.05) is 19.3 Å². The van der Waals surface area contributed by atoms with E-state index in [9.17, 15) is 4.79 Å². The van der Waals surface area contributed by atoms with Gasteiger partial charge in [0.05, 0.1) is 12.2 Å². The standard InChI is InChI=1S/C17H23N5O/c1-3-11-22(12-4-2)16-9-8-15(20-21-16)17(23)19-13-14-7-5-6-10-18-14/h5-10H,3-4,11-13H2,1-2H3,(H,19,23). The van der Waals surface area contributed by atoms with Crippen LogP contribution in [-0.4, -0.2) is 34.2 Å². The highest BCUT2D eigenvalue weighted by Crippen LogP contribution is 2.11. The normalized spacial score (nSPS) is 10.3. The zero-order valence-electron chi connectivity index (χ0n) is 13.7. The molecule has 0 bridgehead atoms. The highest BCUT2D eigenvalue weighted by Gasteiger charge is 2.11. The number of pyridine rings is 1. The Balaban J connectivity index is 1.96. The van der Waals surface area contributed by atoms with Crippen molar-refractivity contribution in [2.45, 2.75) is 33.2 Å². The Labute approximate surface area is 137 Å². The second-order valence-electron chi connectivity index (χ2n) is 5.27. The number of aromatic nitrogens is 3. The summed E-state index contributed by atoms with van der Waals surface area (Å²) in [6.45, 7) is 6.52. The lowest BCUT2D eigenvalue weighted by Crippen LogP contribution is -2.27. The van der Waals surface area contributed by atoms with E-state index in [0.717, 1.165) is 37.4 Å². The molecule has 6 nitrogen and oxygen atoms in total. The minimum Gasteiger partial charge on any atom is -0.355 e. The molecule has 0 atom stereocenters. The fourth-order valence-electron chi connectivity index (χ4n) is 2.26. The third kappa shape index (κ3) is 5.02. The Bertz CT molecular complexity index is 594. The third-order valence-corrected chi connectivity index (χ3v) is 3.35. The molecule has 1 amide bonds. The highest BCUT2D eigenvalue weighted by molar-refractivity contribution is 5.92. The zero-order chi connectivity index (χ0) is 16.5. The monoisotopic (exact) mass is 313 g/mol. The zero-order valence-corrected chi connectivity index (χ0v) is 13.7. The first-order valence-corrected chi connectivity index (χ1v) is 8.01. The Morgan fingerprint density at radius 1 is 1.09 bits per heavy atom. The van der Waals surface area contributed by atoms with Crippen molar-refractivity contribution >= 4 is 11.7 Å².